The molecule has 1 aromatic heterocycles. The second-order valence-electron chi connectivity index (χ2n) is 4.45. The summed E-state index contributed by atoms with van der Waals surface area (Å²) in [6, 6.07) is 2.78. The molecule has 2 rings (SSSR count). The van der Waals surface area contributed by atoms with E-state index in [1.165, 1.54) is 23.7 Å². The summed E-state index contributed by atoms with van der Waals surface area (Å²) in [6.45, 7) is 10.1. The molecule has 1 aliphatic heterocycles. The van der Waals surface area contributed by atoms with Gasteiger partial charge in [0.1, 0.15) is 0 Å². The van der Waals surface area contributed by atoms with E-state index in [0.29, 0.717) is 6.04 Å². The van der Waals surface area contributed by atoms with Crippen molar-refractivity contribution in [3.05, 3.63) is 17.0 Å². The monoisotopic (exact) mass is 239 g/mol. The van der Waals surface area contributed by atoms with Gasteiger partial charge in [-0.25, -0.2) is 0 Å². The van der Waals surface area contributed by atoms with Crippen molar-refractivity contribution in [3.8, 4) is 0 Å². The summed E-state index contributed by atoms with van der Waals surface area (Å²) in [5, 5.41) is 10.4. The number of nitrogens with zero attached hydrogens (tertiary/aromatic N) is 1. The van der Waals surface area contributed by atoms with E-state index >= 15 is 0 Å². The van der Waals surface area contributed by atoms with E-state index in [-0.39, 0.29) is 0 Å². The Balaban J connectivity index is 1.78. The first-order valence-corrected chi connectivity index (χ1v) is 6.88. The molecule has 1 unspecified atom stereocenters. The van der Waals surface area contributed by atoms with E-state index in [1.54, 1.807) is 11.3 Å². The standard InChI is InChI=1S/C12H21N3S/c1-10-3-8-16-12(10)14-9-11(2)15-6-4-13-5-7-15/h3,8,11,13-14H,4-7,9H2,1-2H3. The van der Waals surface area contributed by atoms with Gasteiger partial charge in [-0.15, -0.1) is 11.3 Å². The Bertz CT molecular complexity index is 318. The molecule has 0 saturated carbocycles. The summed E-state index contributed by atoms with van der Waals surface area (Å²) in [5.74, 6) is 0. The highest BCUT2D eigenvalue weighted by molar-refractivity contribution is 7.14. The molecule has 2 heterocycles. The zero-order chi connectivity index (χ0) is 11.4. The first-order valence-electron chi connectivity index (χ1n) is 6.00. The number of thiophene rings is 1. The van der Waals surface area contributed by atoms with Crippen LogP contribution in [0, 0.1) is 6.92 Å². The van der Waals surface area contributed by atoms with Gasteiger partial charge in [-0.05, 0) is 30.9 Å². The predicted octanol–water partition coefficient (Wildman–Crippen LogP) is 1.76. The van der Waals surface area contributed by atoms with Crippen LogP contribution in [0.15, 0.2) is 11.4 Å². The second kappa shape index (κ2) is 5.66. The number of anilines is 1. The van der Waals surface area contributed by atoms with Crippen molar-refractivity contribution in [1.82, 2.24) is 10.2 Å². The molecule has 1 atom stereocenters. The smallest absolute Gasteiger partial charge is 0.0912 e. The summed E-state index contributed by atoms with van der Waals surface area (Å²) >= 11 is 1.80. The van der Waals surface area contributed by atoms with Crippen LogP contribution < -0.4 is 10.6 Å². The van der Waals surface area contributed by atoms with Gasteiger partial charge in [0.2, 0.25) is 0 Å². The van der Waals surface area contributed by atoms with Crippen molar-refractivity contribution in [1.29, 1.82) is 0 Å². The van der Waals surface area contributed by atoms with Crippen LogP contribution >= 0.6 is 11.3 Å². The number of piperazine rings is 1. The van der Waals surface area contributed by atoms with E-state index in [1.807, 2.05) is 0 Å². The van der Waals surface area contributed by atoms with Crippen molar-refractivity contribution in [2.45, 2.75) is 19.9 Å². The van der Waals surface area contributed by atoms with Gasteiger partial charge in [0, 0.05) is 38.8 Å². The van der Waals surface area contributed by atoms with Gasteiger partial charge in [-0.3, -0.25) is 4.90 Å². The first kappa shape index (κ1) is 11.9. The normalized spacial score (nSPS) is 19.6. The topological polar surface area (TPSA) is 27.3 Å². The average molecular weight is 239 g/mol. The van der Waals surface area contributed by atoms with Crippen molar-refractivity contribution < 1.29 is 0 Å². The summed E-state index contributed by atoms with van der Waals surface area (Å²) in [7, 11) is 0. The fourth-order valence-electron chi connectivity index (χ4n) is 2.05. The van der Waals surface area contributed by atoms with Gasteiger partial charge >= 0.3 is 0 Å². The largest absolute Gasteiger partial charge is 0.375 e. The van der Waals surface area contributed by atoms with E-state index in [9.17, 15) is 0 Å². The summed E-state index contributed by atoms with van der Waals surface area (Å²) < 4.78 is 0. The minimum absolute atomic E-state index is 0.614. The van der Waals surface area contributed by atoms with Crippen molar-refractivity contribution >= 4 is 16.3 Å². The lowest BCUT2D eigenvalue weighted by atomic mass is 10.2. The maximum atomic E-state index is 3.55. The molecule has 1 saturated heterocycles. The van der Waals surface area contributed by atoms with Crippen molar-refractivity contribution in [2.75, 3.05) is 38.0 Å². The zero-order valence-electron chi connectivity index (χ0n) is 10.1. The lowest BCUT2D eigenvalue weighted by Gasteiger charge is -2.32. The third kappa shape index (κ3) is 2.97. The van der Waals surface area contributed by atoms with Gasteiger partial charge in [-0.1, -0.05) is 0 Å². The highest BCUT2D eigenvalue weighted by Gasteiger charge is 2.16. The van der Waals surface area contributed by atoms with Gasteiger partial charge in [-0.2, -0.15) is 0 Å². The minimum atomic E-state index is 0.614. The van der Waals surface area contributed by atoms with E-state index in [2.05, 4.69) is 40.8 Å². The zero-order valence-corrected chi connectivity index (χ0v) is 10.9. The molecule has 4 heteroatoms. The molecule has 1 aliphatic rings. The van der Waals surface area contributed by atoms with Gasteiger partial charge < -0.3 is 10.6 Å². The van der Waals surface area contributed by atoms with Crippen LogP contribution in [-0.2, 0) is 0 Å². The maximum Gasteiger partial charge on any atom is 0.0912 e. The fraction of sp³-hybridized carbons (Fsp3) is 0.667. The Morgan fingerprint density at radius 1 is 1.50 bits per heavy atom. The molecule has 1 aromatic rings. The molecular weight excluding hydrogens is 218 g/mol. The first-order chi connectivity index (χ1) is 7.77. The van der Waals surface area contributed by atoms with Crippen LogP contribution in [-0.4, -0.2) is 43.7 Å². The Kier molecular flexibility index (Phi) is 4.21. The number of aryl methyl sites for hydroxylation is 1. The Morgan fingerprint density at radius 2 is 2.25 bits per heavy atom. The van der Waals surface area contributed by atoms with E-state index in [0.717, 1.165) is 19.6 Å². The molecule has 0 aromatic carbocycles. The summed E-state index contributed by atoms with van der Waals surface area (Å²) in [5.41, 5.74) is 1.36. The SMILES string of the molecule is Cc1ccsc1NCC(C)N1CCNCC1. The second-order valence-corrected chi connectivity index (χ2v) is 5.36. The van der Waals surface area contributed by atoms with Crippen molar-refractivity contribution in [2.24, 2.45) is 0 Å². The van der Waals surface area contributed by atoms with Crippen LogP contribution in [0.5, 0.6) is 0 Å². The summed E-state index contributed by atoms with van der Waals surface area (Å²) in [4.78, 5) is 2.55. The molecule has 0 bridgehead atoms. The third-order valence-corrected chi connectivity index (χ3v) is 4.17. The Hall–Kier alpha value is -0.580. The molecule has 0 spiro atoms. The maximum absolute atomic E-state index is 3.55. The highest BCUT2D eigenvalue weighted by atomic mass is 32.1. The van der Waals surface area contributed by atoms with Crippen LogP contribution in [0.3, 0.4) is 0 Å². The van der Waals surface area contributed by atoms with Crippen LogP contribution in [0.25, 0.3) is 0 Å². The highest BCUT2D eigenvalue weighted by Crippen LogP contribution is 2.21. The number of hydrogen-bond acceptors (Lipinski definition) is 4. The molecule has 90 valence electrons. The minimum Gasteiger partial charge on any atom is -0.375 e. The van der Waals surface area contributed by atoms with Gasteiger partial charge in [0.25, 0.3) is 0 Å². The fourth-order valence-corrected chi connectivity index (χ4v) is 2.88. The number of nitrogens with one attached hydrogen (secondary N) is 2. The van der Waals surface area contributed by atoms with Gasteiger partial charge in [0.05, 0.1) is 5.00 Å². The third-order valence-electron chi connectivity index (χ3n) is 3.20. The molecule has 1 fully saturated rings. The Labute approximate surface area is 102 Å². The Morgan fingerprint density at radius 3 is 2.88 bits per heavy atom. The van der Waals surface area contributed by atoms with Crippen molar-refractivity contribution in [3.63, 3.8) is 0 Å². The molecule has 16 heavy (non-hydrogen) atoms. The lowest BCUT2D eigenvalue weighted by molar-refractivity contribution is 0.191. The molecule has 0 radical (unpaired) electrons. The molecule has 0 amide bonds. The van der Waals surface area contributed by atoms with E-state index in [4.69, 9.17) is 0 Å². The van der Waals surface area contributed by atoms with Crippen LogP contribution in [0.4, 0.5) is 5.00 Å². The molecule has 0 aliphatic carbocycles. The predicted molar refractivity (Wildman–Crippen MR) is 71.5 cm³/mol. The molecular formula is C12H21N3S. The van der Waals surface area contributed by atoms with E-state index < -0.39 is 0 Å². The number of rotatable bonds is 4. The van der Waals surface area contributed by atoms with Gasteiger partial charge in [0.15, 0.2) is 0 Å². The molecule has 2 N–H and O–H groups in total. The number of hydrogen-bond donors (Lipinski definition) is 2. The summed E-state index contributed by atoms with van der Waals surface area (Å²) in [6.07, 6.45) is 0. The van der Waals surface area contributed by atoms with Crippen LogP contribution in [0.2, 0.25) is 0 Å². The molecule has 3 nitrogen and oxygen atoms in total. The lowest BCUT2D eigenvalue weighted by Crippen LogP contribution is -2.49. The quantitative estimate of drug-likeness (QED) is 0.838. The van der Waals surface area contributed by atoms with Crippen LogP contribution in [0.1, 0.15) is 12.5 Å². The average Bonchev–Trinajstić information content (AvgIpc) is 2.73.